The van der Waals surface area contributed by atoms with E-state index in [9.17, 15) is 4.39 Å². The molecular weight excluding hydrogens is 275 g/mol. The van der Waals surface area contributed by atoms with Crippen LogP contribution in [0.4, 0.5) is 10.1 Å². The Balaban J connectivity index is 2.30. The average molecular weight is 293 g/mol. The van der Waals surface area contributed by atoms with E-state index in [2.05, 4.69) is 6.92 Å². The maximum absolute atomic E-state index is 13.6. The molecule has 1 unspecified atom stereocenters. The van der Waals surface area contributed by atoms with E-state index in [1.54, 1.807) is 0 Å². The van der Waals surface area contributed by atoms with Crippen LogP contribution in [0.2, 0.25) is 5.02 Å². The smallest absolute Gasteiger partial charge is 0.125 e. The molecule has 0 aliphatic heterocycles. The predicted octanol–water partition coefficient (Wildman–Crippen LogP) is 4.14. The molecule has 2 nitrogen and oxygen atoms in total. The van der Waals surface area contributed by atoms with Crippen LogP contribution in [0.5, 0.6) is 0 Å². The van der Waals surface area contributed by atoms with Crippen LogP contribution in [0.1, 0.15) is 24.1 Å². The standard InChI is InChI=1S/C16H18ClFN2/c1-11(13-4-3-5-14(17)8-13)20(2)16-7-12(10-19)6-15(18)9-16/h3-9,11H,10,19H2,1-2H3. The van der Waals surface area contributed by atoms with Crippen molar-refractivity contribution in [2.75, 3.05) is 11.9 Å². The van der Waals surface area contributed by atoms with Gasteiger partial charge in [-0.05, 0) is 48.4 Å². The summed E-state index contributed by atoms with van der Waals surface area (Å²) in [4.78, 5) is 2.01. The van der Waals surface area contributed by atoms with Gasteiger partial charge in [0.25, 0.3) is 0 Å². The normalized spacial score (nSPS) is 12.2. The topological polar surface area (TPSA) is 29.3 Å². The Morgan fingerprint density at radius 3 is 2.65 bits per heavy atom. The molecule has 1 atom stereocenters. The van der Waals surface area contributed by atoms with Gasteiger partial charge in [-0.15, -0.1) is 0 Å². The highest BCUT2D eigenvalue weighted by atomic mass is 35.5. The maximum Gasteiger partial charge on any atom is 0.125 e. The van der Waals surface area contributed by atoms with Crippen LogP contribution < -0.4 is 10.6 Å². The van der Waals surface area contributed by atoms with Gasteiger partial charge in [0.1, 0.15) is 5.82 Å². The molecule has 0 saturated heterocycles. The number of nitrogens with zero attached hydrogens (tertiary/aromatic N) is 1. The van der Waals surface area contributed by atoms with Crippen molar-refractivity contribution in [3.05, 3.63) is 64.4 Å². The van der Waals surface area contributed by atoms with E-state index in [4.69, 9.17) is 17.3 Å². The quantitative estimate of drug-likeness (QED) is 0.918. The Labute approximate surface area is 124 Å². The van der Waals surface area contributed by atoms with E-state index in [0.29, 0.717) is 11.6 Å². The summed E-state index contributed by atoms with van der Waals surface area (Å²) >= 11 is 6.02. The molecule has 0 bridgehead atoms. The lowest BCUT2D eigenvalue weighted by Gasteiger charge is -2.28. The van der Waals surface area contributed by atoms with Crippen LogP contribution >= 0.6 is 11.6 Å². The van der Waals surface area contributed by atoms with Crippen LogP contribution in [0.15, 0.2) is 42.5 Å². The summed E-state index contributed by atoms with van der Waals surface area (Å²) in [6.07, 6.45) is 0. The molecule has 2 N–H and O–H groups in total. The lowest BCUT2D eigenvalue weighted by Crippen LogP contribution is -2.22. The second-order valence-electron chi connectivity index (χ2n) is 4.86. The highest BCUT2D eigenvalue weighted by Crippen LogP contribution is 2.28. The number of benzene rings is 2. The largest absolute Gasteiger partial charge is 0.368 e. The van der Waals surface area contributed by atoms with E-state index in [0.717, 1.165) is 16.8 Å². The summed E-state index contributed by atoms with van der Waals surface area (Å²) in [7, 11) is 1.93. The highest BCUT2D eigenvalue weighted by molar-refractivity contribution is 6.30. The van der Waals surface area contributed by atoms with Crippen LogP contribution in [0.25, 0.3) is 0 Å². The molecule has 0 heterocycles. The van der Waals surface area contributed by atoms with Crippen molar-refractivity contribution >= 4 is 17.3 Å². The fourth-order valence-corrected chi connectivity index (χ4v) is 2.37. The Bertz CT molecular complexity index is 601. The first kappa shape index (κ1) is 14.8. The van der Waals surface area contributed by atoms with E-state index in [1.807, 2.05) is 42.3 Å². The van der Waals surface area contributed by atoms with E-state index in [1.165, 1.54) is 12.1 Å². The van der Waals surface area contributed by atoms with E-state index >= 15 is 0 Å². The average Bonchev–Trinajstić information content (AvgIpc) is 2.45. The van der Waals surface area contributed by atoms with E-state index < -0.39 is 0 Å². The molecule has 0 aliphatic carbocycles. The molecule has 0 aromatic heterocycles. The van der Waals surface area contributed by atoms with Crippen molar-refractivity contribution in [1.82, 2.24) is 0 Å². The number of anilines is 1. The molecule has 106 valence electrons. The van der Waals surface area contributed by atoms with Crippen molar-refractivity contribution in [3.63, 3.8) is 0 Å². The number of nitrogens with two attached hydrogens (primary N) is 1. The first-order valence-electron chi connectivity index (χ1n) is 6.49. The molecular formula is C16H18ClFN2. The minimum absolute atomic E-state index is 0.0844. The molecule has 0 spiro atoms. The summed E-state index contributed by atoms with van der Waals surface area (Å²) in [5.41, 5.74) is 8.26. The zero-order valence-electron chi connectivity index (χ0n) is 11.6. The number of rotatable bonds is 4. The molecule has 2 aromatic rings. The first-order valence-corrected chi connectivity index (χ1v) is 6.87. The van der Waals surface area contributed by atoms with Gasteiger partial charge in [0.05, 0.1) is 6.04 Å². The molecule has 2 rings (SSSR count). The second kappa shape index (κ2) is 6.25. The van der Waals surface area contributed by atoms with Crippen LogP contribution in [-0.2, 0) is 6.54 Å². The third kappa shape index (κ3) is 3.30. The predicted molar refractivity (Wildman–Crippen MR) is 82.6 cm³/mol. The number of hydrogen-bond acceptors (Lipinski definition) is 2. The summed E-state index contributed by atoms with van der Waals surface area (Å²) in [6.45, 7) is 2.38. The van der Waals surface area contributed by atoms with Crippen molar-refractivity contribution in [2.24, 2.45) is 5.73 Å². The fraction of sp³-hybridized carbons (Fsp3) is 0.250. The zero-order valence-corrected chi connectivity index (χ0v) is 12.4. The monoisotopic (exact) mass is 292 g/mol. The van der Waals surface area contributed by atoms with Crippen LogP contribution in [-0.4, -0.2) is 7.05 Å². The molecule has 0 radical (unpaired) electrons. The second-order valence-corrected chi connectivity index (χ2v) is 5.30. The highest BCUT2D eigenvalue weighted by Gasteiger charge is 2.14. The summed E-state index contributed by atoms with van der Waals surface area (Å²) in [6, 6.07) is 12.7. The van der Waals surface area contributed by atoms with Crippen molar-refractivity contribution in [3.8, 4) is 0 Å². The van der Waals surface area contributed by atoms with Gasteiger partial charge >= 0.3 is 0 Å². The van der Waals surface area contributed by atoms with E-state index in [-0.39, 0.29) is 11.9 Å². The fourth-order valence-electron chi connectivity index (χ4n) is 2.17. The lowest BCUT2D eigenvalue weighted by atomic mass is 10.1. The summed E-state index contributed by atoms with van der Waals surface area (Å²) in [5, 5.41) is 0.699. The molecule has 20 heavy (non-hydrogen) atoms. The molecule has 0 amide bonds. The van der Waals surface area contributed by atoms with Gasteiger partial charge in [0.15, 0.2) is 0 Å². The maximum atomic E-state index is 13.6. The molecule has 4 heteroatoms. The summed E-state index contributed by atoms with van der Waals surface area (Å²) in [5.74, 6) is -0.270. The third-order valence-electron chi connectivity index (χ3n) is 3.50. The molecule has 2 aromatic carbocycles. The third-order valence-corrected chi connectivity index (χ3v) is 3.73. The Morgan fingerprint density at radius 2 is 2.00 bits per heavy atom. The van der Waals surface area contributed by atoms with Gasteiger partial charge in [-0.3, -0.25) is 0 Å². The van der Waals surface area contributed by atoms with Crippen molar-refractivity contribution in [1.29, 1.82) is 0 Å². The van der Waals surface area contributed by atoms with Gasteiger partial charge in [-0.2, -0.15) is 0 Å². The van der Waals surface area contributed by atoms with Crippen molar-refractivity contribution < 1.29 is 4.39 Å². The Morgan fingerprint density at radius 1 is 1.25 bits per heavy atom. The van der Waals surface area contributed by atoms with Crippen LogP contribution in [0, 0.1) is 5.82 Å². The van der Waals surface area contributed by atoms with Crippen LogP contribution in [0.3, 0.4) is 0 Å². The lowest BCUT2D eigenvalue weighted by molar-refractivity contribution is 0.623. The van der Waals surface area contributed by atoms with Crippen molar-refractivity contribution in [2.45, 2.75) is 19.5 Å². The Kier molecular flexibility index (Phi) is 4.63. The van der Waals surface area contributed by atoms with Gasteiger partial charge in [-0.25, -0.2) is 4.39 Å². The molecule has 0 fully saturated rings. The number of hydrogen-bond donors (Lipinski definition) is 1. The molecule has 0 aliphatic rings. The van der Waals surface area contributed by atoms with Gasteiger partial charge in [-0.1, -0.05) is 23.7 Å². The minimum Gasteiger partial charge on any atom is -0.368 e. The first-order chi connectivity index (χ1) is 9.51. The summed E-state index contributed by atoms with van der Waals surface area (Å²) < 4.78 is 13.6. The Hall–Kier alpha value is -1.58. The number of halogens is 2. The van der Waals surface area contributed by atoms with Gasteiger partial charge < -0.3 is 10.6 Å². The van der Waals surface area contributed by atoms with Gasteiger partial charge in [0.2, 0.25) is 0 Å². The molecule has 0 saturated carbocycles. The zero-order chi connectivity index (χ0) is 14.7. The van der Waals surface area contributed by atoms with Gasteiger partial charge in [0, 0.05) is 24.3 Å². The SMILES string of the molecule is CC(c1cccc(Cl)c1)N(C)c1cc(F)cc(CN)c1. The minimum atomic E-state index is -0.270.